The monoisotopic (exact) mass is 308 g/mol. The third-order valence-electron chi connectivity index (χ3n) is 2.91. The van der Waals surface area contributed by atoms with Crippen molar-refractivity contribution in [3.8, 4) is 0 Å². The van der Waals surface area contributed by atoms with Gasteiger partial charge in [-0.3, -0.25) is 4.72 Å². The minimum atomic E-state index is -3.75. The molecule has 0 unspecified atom stereocenters. The molecule has 4 N–H and O–H groups in total. The van der Waals surface area contributed by atoms with Gasteiger partial charge in [0, 0.05) is 31.2 Å². The van der Waals surface area contributed by atoms with Crippen LogP contribution >= 0.6 is 0 Å². The van der Waals surface area contributed by atoms with Crippen molar-refractivity contribution in [2.45, 2.75) is 26.4 Å². The quantitative estimate of drug-likeness (QED) is 0.732. The van der Waals surface area contributed by atoms with E-state index in [1.165, 1.54) is 5.56 Å². The van der Waals surface area contributed by atoms with Gasteiger partial charge in [-0.15, -0.1) is 0 Å². The molecule has 0 atom stereocenters. The van der Waals surface area contributed by atoms with Crippen molar-refractivity contribution in [3.63, 3.8) is 0 Å². The highest BCUT2D eigenvalue weighted by Crippen LogP contribution is 2.16. The lowest BCUT2D eigenvalue weighted by Gasteiger charge is -2.08. The lowest BCUT2D eigenvalue weighted by Crippen LogP contribution is -2.21. The van der Waals surface area contributed by atoms with Gasteiger partial charge in [-0.2, -0.15) is 8.42 Å². The SMILES string of the molecule is CCCn1ccc(CNc2cccc(NS(N)(=O)=O)c2)c1. The van der Waals surface area contributed by atoms with Gasteiger partial charge in [0.25, 0.3) is 10.2 Å². The number of rotatable bonds is 7. The number of nitrogens with two attached hydrogens (primary N) is 1. The maximum Gasteiger partial charge on any atom is 0.296 e. The smallest absolute Gasteiger partial charge is 0.296 e. The fraction of sp³-hybridized carbons (Fsp3) is 0.286. The highest BCUT2D eigenvalue weighted by Gasteiger charge is 2.03. The molecule has 0 aliphatic carbocycles. The number of benzene rings is 1. The summed E-state index contributed by atoms with van der Waals surface area (Å²) in [5.74, 6) is 0. The zero-order valence-corrected chi connectivity index (χ0v) is 12.7. The van der Waals surface area contributed by atoms with Crippen LogP contribution in [-0.2, 0) is 23.3 Å². The highest BCUT2D eigenvalue weighted by atomic mass is 32.2. The standard InChI is InChI=1S/C14H20N4O2S/c1-2-7-18-8-6-12(11-18)10-16-13-4-3-5-14(9-13)17-21(15,19)20/h3-6,8-9,11,16-17H,2,7,10H2,1H3,(H2,15,19,20). The number of hydrogen-bond acceptors (Lipinski definition) is 3. The Morgan fingerprint density at radius 2 is 2.00 bits per heavy atom. The first kappa shape index (κ1) is 15.4. The molecule has 0 saturated carbocycles. The highest BCUT2D eigenvalue weighted by molar-refractivity contribution is 7.90. The van der Waals surface area contributed by atoms with Gasteiger partial charge in [0.05, 0.1) is 5.69 Å². The molecule has 0 aliphatic heterocycles. The Bertz CT molecular complexity index is 695. The third kappa shape index (κ3) is 5.13. The number of aromatic nitrogens is 1. The molecule has 2 rings (SSSR count). The first-order valence-electron chi connectivity index (χ1n) is 6.75. The molecular formula is C14H20N4O2S. The average molecular weight is 308 g/mol. The van der Waals surface area contributed by atoms with Gasteiger partial charge >= 0.3 is 0 Å². The van der Waals surface area contributed by atoms with Crippen LogP contribution in [0.15, 0.2) is 42.7 Å². The van der Waals surface area contributed by atoms with Gasteiger partial charge in [0.15, 0.2) is 0 Å². The molecule has 7 heteroatoms. The van der Waals surface area contributed by atoms with Crippen molar-refractivity contribution in [2.75, 3.05) is 10.0 Å². The minimum Gasteiger partial charge on any atom is -0.381 e. The predicted molar refractivity (Wildman–Crippen MR) is 85.2 cm³/mol. The largest absolute Gasteiger partial charge is 0.381 e. The van der Waals surface area contributed by atoms with Gasteiger partial charge in [-0.05, 0) is 36.2 Å². The van der Waals surface area contributed by atoms with E-state index < -0.39 is 10.2 Å². The molecule has 0 amide bonds. The Balaban J connectivity index is 1.97. The summed E-state index contributed by atoms with van der Waals surface area (Å²) < 4.78 is 26.4. The molecule has 0 aliphatic rings. The number of hydrogen-bond donors (Lipinski definition) is 3. The van der Waals surface area contributed by atoms with Crippen LogP contribution in [0, 0.1) is 0 Å². The number of nitrogens with one attached hydrogen (secondary N) is 2. The van der Waals surface area contributed by atoms with Crippen LogP contribution in [0.1, 0.15) is 18.9 Å². The van der Waals surface area contributed by atoms with Gasteiger partial charge in [-0.25, -0.2) is 5.14 Å². The van der Waals surface area contributed by atoms with E-state index in [1.54, 1.807) is 18.2 Å². The summed E-state index contributed by atoms with van der Waals surface area (Å²) in [4.78, 5) is 0. The van der Waals surface area contributed by atoms with Crippen LogP contribution in [0.2, 0.25) is 0 Å². The van der Waals surface area contributed by atoms with Crippen molar-refractivity contribution < 1.29 is 8.42 Å². The second-order valence-electron chi connectivity index (χ2n) is 4.84. The van der Waals surface area contributed by atoms with Crippen molar-refractivity contribution in [3.05, 3.63) is 48.3 Å². The minimum absolute atomic E-state index is 0.436. The maximum atomic E-state index is 11.0. The van der Waals surface area contributed by atoms with E-state index in [-0.39, 0.29) is 0 Å². The molecule has 0 saturated heterocycles. The van der Waals surface area contributed by atoms with E-state index in [2.05, 4.69) is 40.0 Å². The second kappa shape index (κ2) is 6.64. The fourth-order valence-electron chi connectivity index (χ4n) is 2.05. The predicted octanol–water partition coefficient (Wildman–Crippen LogP) is 2.13. The molecule has 0 fully saturated rings. The lowest BCUT2D eigenvalue weighted by atomic mass is 10.2. The molecule has 0 bridgehead atoms. The number of nitrogens with zero attached hydrogens (tertiary/aromatic N) is 1. The molecule has 21 heavy (non-hydrogen) atoms. The summed E-state index contributed by atoms with van der Waals surface area (Å²) in [6.45, 7) is 3.82. The Labute approximate surface area is 125 Å². The molecule has 2 aromatic rings. The van der Waals surface area contributed by atoms with E-state index >= 15 is 0 Å². The van der Waals surface area contributed by atoms with Gasteiger partial charge < -0.3 is 9.88 Å². The fourth-order valence-corrected chi connectivity index (χ4v) is 2.51. The van der Waals surface area contributed by atoms with E-state index in [4.69, 9.17) is 5.14 Å². The summed E-state index contributed by atoms with van der Waals surface area (Å²) >= 11 is 0. The zero-order valence-electron chi connectivity index (χ0n) is 11.9. The Morgan fingerprint density at radius 1 is 1.24 bits per heavy atom. The van der Waals surface area contributed by atoms with Crippen LogP contribution in [0.4, 0.5) is 11.4 Å². The molecule has 0 radical (unpaired) electrons. The summed E-state index contributed by atoms with van der Waals surface area (Å²) in [5, 5.41) is 8.21. The van der Waals surface area contributed by atoms with E-state index in [0.717, 1.165) is 18.7 Å². The third-order valence-corrected chi connectivity index (χ3v) is 3.43. The summed E-state index contributed by atoms with van der Waals surface area (Å²) in [6, 6.07) is 9.05. The lowest BCUT2D eigenvalue weighted by molar-refractivity contribution is 0.603. The summed E-state index contributed by atoms with van der Waals surface area (Å²) in [7, 11) is -3.75. The Hall–Kier alpha value is -1.99. The summed E-state index contributed by atoms with van der Waals surface area (Å²) in [5.41, 5.74) is 2.44. The molecule has 1 heterocycles. The molecule has 1 aromatic carbocycles. The Kier molecular flexibility index (Phi) is 4.87. The van der Waals surface area contributed by atoms with Crippen molar-refractivity contribution in [1.82, 2.24) is 4.57 Å². The molecule has 114 valence electrons. The van der Waals surface area contributed by atoms with Crippen LogP contribution in [0.25, 0.3) is 0 Å². The topological polar surface area (TPSA) is 89.2 Å². The van der Waals surface area contributed by atoms with E-state index in [0.29, 0.717) is 12.2 Å². The normalized spacial score (nSPS) is 11.3. The number of aryl methyl sites for hydroxylation is 1. The van der Waals surface area contributed by atoms with Gasteiger partial charge in [0.2, 0.25) is 0 Å². The maximum absolute atomic E-state index is 11.0. The van der Waals surface area contributed by atoms with Crippen molar-refractivity contribution in [1.29, 1.82) is 0 Å². The number of anilines is 2. The molecule has 1 aromatic heterocycles. The van der Waals surface area contributed by atoms with Crippen LogP contribution in [-0.4, -0.2) is 13.0 Å². The van der Waals surface area contributed by atoms with Crippen LogP contribution < -0.4 is 15.2 Å². The molecule has 6 nitrogen and oxygen atoms in total. The van der Waals surface area contributed by atoms with Gasteiger partial charge in [0.1, 0.15) is 0 Å². The first-order chi connectivity index (χ1) is 9.96. The molecule has 0 spiro atoms. The van der Waals surface area contributed by atoms with Crippen molar-refractivity contribution in [2.24, 2.45) is 5.14 Å². The second-order valence-corrected chi connectivity index (χ2v) is 6.13. The van der Waals surface area contributed by atoms with Gasteiger partial charge in [-0.1, -0.05) is 13.0 Å². The summed E-state index contributed by atoms with van der Waals surface area (Å²) in [6.07, 6.45) is 5.26. The first-order valence-corrected chi connectivity index (χ1v) is 8.30. The molecular weight excluding hydrogens is 288 g/mol. The zero-order chi connectivity index (χ0) is 15.3. The van der Waals surface area contributed by atoms with E-state index in [9.17, 15) is 8.42 Å². The van der Waals surface area contributed by atoms with Crippen molar-refractivity contribution >= 4 is 21.6 Å². The Morgan fingerprint density at radius 3 is 2.71 bits per heavy atom. The van der Waals surface area contributed by atoms with E-state index in [1.807, 2.05) is 6.07 Å². The van der Waals surface area contributed by atoms with Crippen LogP contribution in [0.5, 0.6) is 0 Å². The van der Waals surface area contributed by atoms with Crippen LogP contribution in [0.3, 0.4) is 0 Å². The average Bonchev–Trinajstić information content (AvgIpc) is 2.83.